The van der Waals surface area contributed by atoms with E-state index >= 15 is 0 Å². The fraction of sp³-hybridized carbons (Fsp3) is 0.892. The molecule has 5 aliphatic carbocycles. The SMILES string of the molecule is C[C@@H]1C[C@H](COc2ncccn2)O[C@H]2[C@H]1[C@@]1(C)CC[C@@]34C[C@@]35CC[C@H](O[C@H]3CN(C6COC6)CCO3)C(C)(C)[C@@H]5CC[C@H]4[C@]1(N)[C@H]2O. The van der Waals surface area contributed by atoms with Gasteiger partial charge in [-0.25, -0.2) is 9.97 Å². The second-order valence-electron chi connectivity index (χ2n) is 17.7. The molecule has 260 valence electrons. The van der Waals surface area contributed by atoms with Gasteiger partial charge in [0.05, 0.1) is 62.4 Å². The molecular formula is C37H56N4O6. The standard InChI is InChI=1S/C37H56N4O6/c1-22-16-24(20-45-32-39-12-5-13-40-32)46-30-29(22)34(4)10-11-36-21-35(36)9-8-27(47-28-17-41(14-15-44-28)23-18-43-19-23)33(2,3)25(35)6-7-26(36)37(34,38)31(30)42/h5,12-13,22-31,42H,6-11,14-21,38H2,1-4H3/t22-,24-,25+,26-,27+,28+,29+,30+,31+,34-,35-,36+,37+/m1/s1. The molecule has 47 heavy (non-hydrogen) atoms. The maximum Gasteiger partial charge on any atom is 0.316 e. The number of aliphatic hydroxyl groups excluding tert-OH is 1. The van der Waals surface area contributed by atoms with E-state index in [0.717, 1.165) is 65.0 Å². The summed E-state index contributed by atoms with van der Waals surface area (Å²) in [5.74, 6) is 1.51. The molecule has 1 aromatic rings. The maximum absolute atomic E-state index is 12.4. The number of aliphatic hydroxyl groups is 1. The van der Waals surface area contributed by atoms with Crippen LogP contribution in [-0.2, 0) is 18.9 Å². The molecule has 13 atom stereocenters. The molecule has 5 saturated carbocycles. The summed E-state index contributed by atoms with van der Waals surface area (Å²) in [6.45, 7) is 14.3. The largest absolute Gasteiger partial charge is 0.461 e. The number of ether oxygens (including phenoxy) is 5. The zero-order valence-electron chi connectivity index (χ0n) is 28.8. The van der Waals surface area contributed by atoms with Gasteiger partial charge < -0.3 is 34.5 Å². The Labute approximate surface area is 279 Å². The molecule has 3 aliphatic heterocycles. The summed E-state index contributed by atoms with van der Waals surface area (Å²) in [5, 5.41) is 12.4. The molecule has 10 nitrogen and oxygen atoms in total. The lowest BCUT2D eigenvalue weighted by molar-refractivity contribution is -0.254. The van der Waals surface area contributed by atoms with E-state index in [1.54, 1.807) is 18.5 Å². The summed E-state index contributed by atoms with van der Waals surface area (Å²) < 4.78 is 31.3. The summed E-state index contributed by atoms with van der Waals surface area (Å²) in [7, 11) is 0. The van der Waals surface area contributed by atoms with Crippen LogP contribution in [0.25, 0.3) is 0 Å². The third kappa shape index (κ3) is 4.27. The predicted octanol–water partition coefficient (Wildman–Crippen LogP) is 3.80. The van der Waals surface area contributed by atoms with Gasteiger partial charge in [-0.05, 0) is 103 Å². The zero-order valence-corrected chi connectivity index (χ0v) is 28.8. The zero-order chi connectivity index (χ0) is 32.4. The van der Waals surface area contributed by atoms with E-state index in [2.05, 4.69) is 42.6 Å². The van der Waals surface area contributed by atoms with E-state index in [1.165, 1.54) is 19.3 Å². The monoisotopic (exact) mass is 652 g/mol. The highest BCUT2D eigenvalue weighted by Gasteiger charge is 2.85. The van der Waals surface area contributed by atoms with Gasteiger partial charge in [0.1, 0.15) is 6.61 Å². The first-order valence-electron chi connectivity index (χ1n) is 18.6. The topological polar surface area (TPSA) is 121 Å². The van der Waals surface area contributed by atoms with Gasteiger partial charge >= 0.3 is 6.01 Å². The molecule has 1 aromatic heterocycles. The molecule has 10 heteroatoms. The van der Waals surface area contributed by atoms with Gasteiger partial charge in [-0.3, -0.25) is 4.90 Å². The van der Waals surface area contributed by atoms with Crippen molar-refractivity contribution in [1.29, 1.82) is 0 Å². The molecule has 9 rings (SSSR count). The number of nitrogens with two attached hydrogens (primary N) is 1. The first-order valence-corrected chi connectivity index (χ1v) is 18.6. The van der Waals surface area contributed by atoms with Crippen molar-refractivity contribution in [2.75, 3.05) is 39.5 Å². The van der Waals surface area contributed by atoms with Crippen LogP contribution >= 0.6 is 0 Å². The van der Waals surface area contributed by atoms with Crippen LogP contribution in [0.5, 0.6) is 6.01 Å². The quantitative estimate of drug-likeness (QED) is 0.470. The van der Waals surface area contributed by atoms with Crippen LogP contribution in [0.15, 0.2) is 18.5 Å². The van der Waals surface area contributed by atoms with Crippen molar-refractivity contribution in [3.63, 3.8) is 0 Å². The summed E-state index contributed by atoms with van der Waals surface area (Å²) in [4.78, 5) is 10.9. The molecule has 4 heterocycles. The second kappa shape index (κ2) is 10.8. The van der Waals surface area contributed by atoms with E-state index in [0.29, 0.717) is 41.8 Å². The summed E-state index contributed by atoms with van der Waals surface area (Å²) in [6, 6.07) is 2.67. The number of nitrogens with zero attached hydrogens (tertiary/aromatic N) is 3. The Hall–Kier alpha value is -1.40. The van der Waals surface area contributed by atoms with Gasteiger partial charge in [0.15, 0.2) is 6.29 Å². The van der Waals surface area contributed by atoms with Gasteiger partial charge in [-0.1, -0.05) is 27.7 Å². The summed E-state index contributed by atoms with van der Waals surface area (Å²) in [6.07, 6.45) is 11.2. The number of hydrogen-bond acceptors (Lipinski definition) is 10. The molecule has 0 amide bonds. The lowest BCUT2D eigenvalue weighted by atomic mass is 9.43. The highest BCUT2D eigenvalue weighted by atomic mass is 16.7. The molecular weight excluding hydrogens is 596 g/mol. The predicted molar refractivity (Wildman–Crippen MR) is 173 cm³/mol. The average molecular weight is 653 g/mol. The molecule has 0 aromatic carbocycles. The molecule has 2 spiro atoms. The maximum atomic E-state index is 12.4. The third-order valence-corrected chi connectivity index (χ3v) is 15.8. The van der Waals surface area contributed by atoms with Gasteiger partial charge in [0, 0.05) is 18.9 Å². The second-order valence-corrected chi connectivity index (χ2v) is 17.7. The summed E-state index contributed by atoms with van der Waals surface area (Å²) >= 11 is 0. The van der Waals surface area contributed by atoms with Gasteiger partial charge in [0.25, 0.3) is 0 Å². The number of aromatic nitrogens is 2. The van der Waals surface area contributed by atoms with Crippen LogP contribution in [0.2, 0.25) is 0 Å². The number of fused-ring (bicyclic) bond motifs is 4. The Morgan fingerprint density at radius 1 is 1.04 bits per heavy atom. The fourth-order valence-corrected chi connectivity index (χ4v) is 13.6. The molecule has 0 unspecified atom stereocenters. The lowest BCUT2D eigenvalue weighted by Crippen LogP contribution is -2.70. The first kappa shape index (κ1) is 31.6. The van der Waals surface area contributed by atoms with Gasteiger partial charge in [-0.15, -0.1) is 0 Å². The Bertz CT molecular complexity index is 1350. The van der Waals surface area contributed by atoms with Gasteiger partial charge in [-0.2, -0.15) is 0 Å². The van der Waals surface area contributed by atoms with E-state index in [9.17, 15) is 5.11 Å². The van der Waals surface area contributed by atoms with Crippen LogP contribution in [0.4, 0.5) is 0 Å². The van der Waals surface area contributed by atoms with Crippen molar-refractivity contribution < 1.29 is 28.8 Å². The molecule has 8 aliphatic rings. The lowest BCUT2D eigenvalue weighted by Gasteiger charge is -2.63. The van der Waals surface area contributed by atoms with E-state index < -0.39 is 11.6 Å². The minimum absolute atomic E-state index is 0.0516. The number of rotatable bonds is 6. The molecule has 0 bridgehead atoms. The Morgan fingerprint density at radius 2 is 1.81 bits per heavy atom. The van der Waals surface area contributed by atoms with E-state index in [1.807, 2.05) is 0 Å². The molecule has 0 radical (unpaired) electrons. The highest BCUT2D eigenvalue weighted by molar-refractivity contribution is 5.35. The number of hydrogen-bond donors (Lipinski definition) is 2. The van der Waals surface area contributed by atoms with E-state index in [-0.39, 0.29) is 46.8 Å². The van der Waals surface area contributed by atoms with Crippen molar-refractivity contribution in [3.05, 3.63) is 18.5 Å². The van der Waals surface area contributed by atoms with Crippen LogP contribution < -0.4 is 10.5 Å². The van der Waals surface area contributed by atoms with Crippen LogP contribution in [0.1, 0.15) is 79.1 Å². The minimum Gasteiger partial charge on any atom is -0.461 e. The normalized spacial score (nSPS) is 51.8. The smallest absolute Gasteiger partial charge is 0.316 e. The van der Waals surface area contributed by atoms with E-state index in [4.69, 9.17) is 29.4 Å². The third-order valence-electron chi connectivity index (χ3n) is 15.8. The van der Waals surface area contributed by atoms with Crippen LogP contribution in [-0.4, -0.2) is 102 Å². The van der Waals surface area contributed by atoms with Crippen LogP contribution in [0, 0.1) is 45.3 Å². The average Bonchev–Trinajstić information content (AvgIpc) is 3.66. The molecule has 3 saturated heterocycles. The van der Waals surface area contributed by atoms with Crippen molar-refractivity contribution >= 4 is 0 Å². The van der Waals surface area contributed by atoms with Crippen molar-refractivity contribution in [2.45, 2.75) is 121 Å². The van der Waals surface area contributed by atoms with Crippen molar-refractivity contribution in [2.24, 2.45) is 51.1 Å². The van der Waals surface area contributed by atoms with Crippen molar-refractivity contribution in [1.82, 2.24) is 14.9 Å². The first-order chi connectivity index (χ1) is 22.5. The Kier molecular flexibility index (Phi) is 7.26. The van der Waals surface area contributed by atoms with Gasteiger partial charge in [0.2, 0.25) is 0 Å². The molecule has 8 fully saturated rings. The highest BCUT2D eigenvalue weighted by Crippen LogP contribution is 2.87. The number of morpholine rings is 1. The Morgan fingerprint density at radius 3 is 2.57 bits per heavy atom. The fourth-order valence-electron chi connectivity index (χ4n) is 13.6. The Balaban J connectivity index is 0.928. The minimum atomic E-state index is -0.688. The summed E-state index contributed by atoms with van der Waals surface area (Å²) in [5.41, 5.74) is 7.52. The molecule has 3 N–H and O–H groups in total. The van der Waals surface area contributed by atoms with Crippen LogP contribution in [0.3, 0.4) is 0 Å². The van der Waals surface area contributed by atoms with Crippen molar-refractivity contribution in [3.8, 4) is 6.01 Å².